The van der Waals surface area contributed by atoms with Crippen LogP contribution in [0.5, 0.6) is 17.2 Å². The third-order valence-corrected chi connectivity index (χ3v) is 3.71. The standard InChI is InChI=1S/C19H23NO4/c1-13(15-9-5-6-10-16(15)22-3)20-19(21)14(2)24-18-12-8-7-11-17(18)23-4/h5-14H,1-4H3,(H,20,21)/t13-,14+/m1/s1. The molecule has 0 unspecified atom stereocenters. The summed E-state index contributed by atoms with van der Waals surface area (Å²) in [4.78, 5) is 12.4. The number of carbonyl (C=O) groups excluding carboxylic acids is 1. The van der Waals surface area contributed by atoms with E-state index in [1.54, 1.807) is 33.3 Å². The largest absolute Gasteiger partial charge is 0.496 e. The highest BCUT2D eigenvalue weighted by Gasteiger charge is 2.20. The fourth-order valence-electron chi connectivity index (χ4n) is 2.39. The van der Waals surface area contributed by atoms with E-state index in [1.165, 1.54) is 0 Å². The summed E-state index contributed by atoms with van der Waals surface area (Å²) in [5.74, 6) is 1.66. The Bertz CT molecular complexity index is 687. The van der Waals surface area contributed by atoms with Crippen molar-refractivity contribution in [1.29, 1.82) is 0 Å². The predicted octanol–water partition coefficient (Wildman–Crippen LogP) is 3.35. The molecular weight excluding hydrogens is 306 g/mol. The summed E-state index contributed by atoms with van der Waals surface area (Å²) in [5.41, 5.74) is 0.915. The van der Waals surface area contributed by atoms with Crippen molar-refractivity contribution in [2.45, 2.75) is 26.0 Å². The normalized spacial score (nSPS) is 12.8. The maximum absolute atomic E-state index is 12.4. The molecule has 0 saturated heterocycles. The van der Waals surface area contributed by atoms with Crippen molar-refractivity contribution < 1.29 is 19.0 Å². The molecule has 24 heavy (non-hydrogen) atoms. The molecule has 0 bridgehead atoms. The highest BCUT2D eigenvalue weighted by molar-refractivity contribution is 5.81. The van der Waals surface area contributed by atoms with Gasteiger partial charge in [0, 0.05) is 5.56 Å². The molecule has 2 atom stereocenters. The lowest BCUT2D eigenvalue weighted by atomic mass is 10.1. The van der Waals surface area contributed by atoms with Gasteiger partial charge in [0.25, 0.3) is 5.91 Å². The van der Waals surface area contributed by atoms with Crippen LogP contribution in [0.3, 0.4) is 0 Å². The van der Waals surface area contributed by atoms with Gasteiger partial charge in [-0.15, -0.1) is 0 Å². The van der Waals surface area contributed by atoms with Gasteiger partial charge in [0.05, 0.1) is 20.3 Å². The minimum absolute atomic E-state index is 0.197. The number of nitrogens with one attached hydrogen (secondary N) is 1. The van der Waals surface area contributed by atoms with Gasteiger partial charge in [-0.2, -0.15) is 0 Å². The van der Waals surface area contributed by atoms with E-state index in [9.17, 15) is 4.79 Å². The zero-order valence-electron chi connectivity index (χ0n) is 14.4. The molecule has 5 nitrogen and oxygen atoms in total. The highest BCUT2D eigenvalue weighted by atomic mass is 16.5. The number of carbonyl (C=O) groups is 1. The van der Waals surface area contributed by atoms with Gasteiger partial charge in [0.15, 0.2) is 17.6 Å². The van der Waals surface area contributed by atoms with Crippen LogP contribution in [0.1, 0.15) is 25.5 Å². The van der Waals surface area contributed by atoms with Crippen molar-refractivity contribution >= 4 is 5.91 Å². The quantitative estimate of drug-likeness (QED) is 0.846. The van der Waals surface area contributed by atoms with Crippen LogP contribution in [-0.2, 0) is 4.79 Å². The zero-order chi connectivity index (χ0) is 17.5. The summed E-state index contributed by atoms with van der Waals surface area (Å²) in [7, 11) is 3.18. The second-order valence-electron chi connectivity index (χ2n) is 5.38. The van der Waals surface area contributed by atoms with Gasteiger partial charge >= 0.3 is 0 Å². The van der Waals surface area contributed by atoms with Gasteiger partial charge in [-0.3, -0.25) is 4.79 Å². The average Bonchev–Trinajstić information content (AvgIpc) is 2.61. The zero-order valence-corrected chi connectivity index (χ0v) is 14.4. The number of benzene rings is 2. The van der Waals surface area contributed by atoms with E-state index in [1.807, 2.05) is 43.3 Å². The lowest BCUT2D eigenvalue weighted by Crippen LogP contribution is -2.37. The molecule has 0 spiro atoms. The SMILES string of the molecule is COc1ccccc1O[C@@H](C)C(=O)N[C@H](C)c1ccccc1OC. The molecule has 0 saturated carbocycles. The maximum atomic E-state index is 12.4. The highest BCUT2D eigenvalue weighted by Crippen LogP contribution is 2.27. The van der Waals surface area contributed by atoms with Gasteiger partial charge < -0.3 is 19.5 Å². The molecule has 5 heteroatoms. The monoisotopic (exact) mass is 329 g/mol. The van der Waals surface area contributed by atoms with Crippen molar-refractivity contribution in [3.05, 3.63) is 54.1 Å². The molecule has 0 aliphatic rings. The van der Waals surface area contributed by atoms with Gasteiger partial charge in [-0.1, -0.05) is 30.3 Å². The molecule has 0 fully saturated rings. The summed E-state index contributed by atoms with van der Waals surface area (Å²) in [5, 5.41) is 2.94. The molecule has 0 heterocycles. The summed E-state index contributed by atoms with van der Waals surface area (Å²) in [6.45, 7) is 3.61. The van der Waals surface area contributed by atoms with Gasteiger partial charge in [-0.25, -0.2) is 0 Å². The van der Waals surface area contributed by atoms with Crippen molar-refractivity contribution in [1.82, 2.24) is 5.32 Å². The van der Waals surface area contributed by atoms with Crippen molar-refractivity contribution in [2.75, 3.05) is 14.2 Å². The Morgan fingerprint density at radius 3 is 2.04 bits per heavy atom. The van der Waals surface area contributed by atoms with E-state index in [-0.39, 0.29) is 11.9 Å². The number of ether oxygens (including phenoxy) is 3. The first-order valence-electron chi connectivity index (χ1n) is 7.79. The number of hydrogen-bond acceptors (Lipinski definition) is 4. The lowest BCUT2D eigenvalue weighted by molar-refractivity contribution is -0.127. The van der Waals surface area contributed by atoms with E-state index < -0.39 is 6.10 Å². The fourth-order valence-corrected chi connectivity index (χ4v) is 2.39. The lowest BCUT2D eigenvalue weighted by Gasteiger charge is -2.21. The molecule has 1 N–H and O–H groups in total. The Morgan fingerprint density at radius 1 is 0.875 bits per heavy atom. The van der Waals surface area contributed by atoms with E-state index in [0.29, 0.717) is 11.5 Å². The number of amides is 1. The molecule has 0 aliphatic carbocycles. The number of methoxy groups -OCH3 is 2. The van der Waals surface area contributed by atoms with E-state index in [0.717, 1.165) is 11.3 Å². The van der Waals surface area contributed by atoms with Crippen LogP contribution >= 0.6 is 0 Å². The Labute approximate surface area is 142 Å². The molecule has 0 aliphatic heterocycles. The van der Waals surface area contributed by atoms with Crippen molar-refractivity contribution in [3.8, 4) is 17.2 Å². The molecule has 2 aromatic rings. The van der Waals surface area contributed by atoms with E-state index in [4.69, 9.17) is 14.2 Å². The second-order valence-corrected chi connectivity index (χ2v) is 5.38. The van der Waals surface area contributed by atoms with Crippen LogP contribution in [0, 0.1) is 0 Å². The van der Waals surface area contributed by atoms with Crippen molar-refractivity contribution in [2.24, 2.45) is 0 Å². The van der Waals surface area contributed by atoms with Crippen LogP contribution in [0.15, 0.2) is 48.5 Å². The second kappa shape index (κ2) is 8.24. The van der Waals surface area contributed by atoms with E-state index in [2.05, 4.69) is 5.32 Å². The van der Waals surface area contributed by atoms with E-state index >= 15 is 0 Å². The molecule has 1 amide bonds. The molecule has 2 aromatic carbocycles. The van der Waals surface area contributed by atoms with Gasteiger partial charge in [0.1, 0.15) is 5.75 Å². The third-order valence-electron chi connectivity index (χ3n) is 3.71. The smallest absolute Gasteiger partial charge is 0.261 e. The van der Waals surface area contributed by atoms with Crippen LogP contribution in [-0.4, -0.2) is 26.2 Å². The topological polar surface area (TPSA) is 56.8 Å². The predicted molar refractivity (Wildman–Crippen MR) is 92.6 cm³/mol. The number of para-hydroxylation sites is 3. The summed E-state index contributed by atoms with van der Waals surface area (Å²) in [6, 6.07) is 14.6. The molecule has 0 radical (unpaired) electrons. The maximum Gasteiger partial charge on any atom is 0.261 e. The summed E-state index contributed by atoms with van der Waals surface area (Å²) < 4.78 is 16.3. The van der Waals surface area contributed by atoms with Crippen molar-refractivity contribution in [3.63, 3.8) is 0 Å². The molecule has 0 aromatic heterocycles. The van der Waals surface area contributed by atoms with Gasteiger partial charge in [-0.05, 0) is 32.0 Å². The number of rotatable bonds is 7. The summed E-state index contributed by atoms with van der Waals surface area (Å²) in [6.07, 6.45) is -0.654. The van der Waals surface area contributed by atoms with Crippen LogP contribution in [0.2, 0.25) is 0 Å². The fraction of sp³-hybridized carbons (Fsp3) is 0.316. The Kier molecular flexibility index (Phi) is 6.07. The molecule has 128 valence electrons. The minimum Gasteiger partial charge on any atom is -0.496 e. The summed E-state index contributed by atoms with van der Waals surface area (Å²) >= 11 is 0. The third kappa shape index (κ3) is 4.19. The van der Waals surface area contributed by atoms with Crippen LogP contribution in [0.4, 0.5) is 0 Å². The Balaban J connectivity index is 2.03. The first-order chi connectivity index (χ1) is 11.6. The average molecular weight is 329 g/mol. The molecule has 2 rings (SSSR count). The first kappa shape index (κ1) is 17.7. The van der Waals surface area contributed by atoms with Crippen LogP contribution < -0.4 is 19.5 Å². The molecular formula is C19H23NO4. The van der Waals surface area contributed by atoms with Crippen LogP contribution in [0.25, 0.3) is 0 Å². The Hall–Kier alpha value is -2.69. The number of hydrogen-bond donors (Lipinski definition) is 1. The Morgan fingerprint density at radius 2 is 1.42 bits per heavy atom. The first-order valence-corrected chi connectivity index (χ1v) is 7.79. The van der Waals surface area contributed by atoms with Gasteiger partial charge in [0.2, 0.25) is 0 Å². The minimum atomic E-state index is -0.654.